The summed E-state index contributed by atoms with van der Waals surface area (Å²) < 4.78 is 0. The van der Waals surface area contributed by atoms with Crippen molar-refractivity contribution in [3.8, 4) is 0 Å². The Balaban J connectivity index is 1.40. The molecule has 1 saturated heterocycles. The number of aromatic nitrogens is 1. The number of fused-ring (bicyclic) bond motifs is 1. The van der Waals surface area contributed by atoms with Crippen molar-refractivity contribution in [1.82, 2.24) is 9.88 Å². The number of likely N-dealkylation sites (tertiary alicyclic amines) is 1. The summed E-state index contributed by atoms with van der Waals surface area (Å²) in [6.45, 7) is 4.36. The zero-order valence-corrected chi connectivity index (χ0v) is 14.6. The van der Waals surface area contributed by atoms with Crippen molar-refractivity contribution in [1.29, 1.82) is 0 Å². The quantitative estimate of drug-likeness (QED) is 0.725. The molecule has 3 aromatic rings. The number of piperidine rings is 1. The fraction of sp³-hybridized carbons (Fsp3) is 0.318. The summed E-state index contributed by atoms with van der Waals surface area (Å²) in [6, 6.07) is 19.4. The summed E-state index contributed by atoms with van der Waals surface area (Å²) in [5.41, 5.74) is 4.90. The van der Waals surface area contributed by atoms with Crippen LogP contribution in [0, 0.1) is 0 Å². The molecule has 25 heavy (non-hydrogen) atoms. The molecule has 4 rings (SSSR count). The van der Waals surface area contributed by atoms with Crippen LogP contribution in [0.2, 0.25) is 0 Å². The Kier molecular flexibility index (Phi) is 4.93. The van der Waals surface area contributed by atoms with Crippen molar-refractivity contribution in [2.24, 2.45) is 0 Å². The Labute approximate surface area is 149 Å². The monoisotopic (exact) mass is 331 g/mol. The highest BCUT2D eigenvalue weighted by molar-refractivity contribution is 5.78. The average molecular weight is 331 g/mol. The maximum absolute atomic E-state index is 4.44. The standard InChI is InChI=1S/C22H25N3/c1-2-12-25(13-3-1)17-19-6-4-8-21(14-19)24-16-18-9-10-20-7-5-11-23-22(20)15-18/h4-11,14-15,24H,1-3,12-13,16-17H2. The van der Waals surface area contributed by atoms with Crippen LogP contribution in [0.4, 0.5) is 5.69 Å². The third-order valence-electron chi connectivity index (χ3n) is 4.95. The molecule has 0 amide bonds. The molecular formula is C22H25N3. The maximum atomic E-state index is 4.44. The Bertz CT molecular complexity index is 837. The van der Waals surface area contributed by atoms with Gasteiger partial charge in [-0.25, -0.2) is 0 Å². The second kappa shape index (κ2) is 7.66. The van der Waals surface area contributed by atoms with E-state index in [9.17, 15) is 0 Å². The molecule has 1 aromatic heterocycles. The number of rotatable bonds is 5. The van der Waals surface area contributed by atoms with Gasteiger partial charge in [-0.2, -0.15) is 0 Å². The molecule has 1 fully saturated rings. The lowest BCUT2D eigenvalue weighted by molar-refractivity contribution is 0.221. The van der Waals surface area contributed by atoms with Gasteiger partial charge in [0.2, 0.25) is 0 Å². The molecule has 1 N–H and O–H groups in total. The molecular weight excluding hydrogens is 306 g/mol. The van der Waals surface area contributed by atoms with E-state index < -0.39 is 0 Å². The third-order valence-corrected chi connectivity index (χ3v) is 4.95. The van der Waals surface area contributed by atoms with Crippen molar-refractivity contribution in [2.45, 2.75) is 32.4 Å². The van der Waals surface area contributed by atoms with Crippen LogP contribution in [0.3, 0.4) is 0 Å². The van der Waals surface area contributed by atoms with Gasteiger partial charge in [-0.3, -0.25) is 9.88 Å². The molecule has 0 saturated carbocycles. The molecule has 0 spiro atoms. The number of anilines is 1. The van der Waals surface area contributed by atoms with Crippen LogP contribution in [-0.2, 0) is 13.1 Å². The number of benzene rings is 2. The highest BCUT2D eigenvalue weighted by Crippen LogP contribution is 2.18. The van der Waals surface area contributed by atoms with E-state index in [-0.39, 0.29) is 0 Å². The Morgan fingerprint density at radius 3 is 2.72 bits per heavy atom. The van der Waals surface area contributed by atoms with Crippen LogP contribution in [0.1, 0.15) is 30.4 Å². The number of pyridine rings is 1. The SMILES string of the molecule is c1cc(CN2CCCCC2)cc(NCc2ccc3cccnc3c2)c1. The third kappa shape index (κ3) is 4.18. The predicted molar refractivity (Wildman–Crippen MR) is 105 cm³/mol. The van der Waals surface area contributed by atoms with Gasteiger partial charge in [-0.15, -0.1) is 0 Å². The molecule has 3 nitrogen and oxygen atoms in total. The van der Waals surface area contributed by atoms with Crippen LogP contribution in [-0.4, -0.2) is 23.0 Å². The van der Waals surface area contributed by atoms with Crippen molar-refractivity contribution in [3.05, 3.63) is 71.9 Å². The van der Waals surface area contributed by atoms with Gasteiger partial charge in [-0.05, 0) is 61.3 Å². The van der Waals surface area contributed by atoms with E-state index in [4.69, 9.17) is 0 Å². The first kappa shape index (κ1) is 16.1. The maximum Gasteiger partial charge on any atom is 0.0705 e. The van der Waals surface area contributed by atoms with Gasteiger partial charge in [0.25, 0.3) is 0 Å². The topological polar surface area (TPSA) is 28.2 Å². The van der Waals surface area contributed by atoms with E-state index in [1.807, 2.05) is 12.3 Å². The summed E-state index contributed by atoms with van der Waals surface area (Å²) in [5.74, 6) is 0. The molecule has 128 valence electrons. The van der Waals surface area contributed by atoms with E-state index in [0.717, 1.165) is 18.6 Å². The number of hydrogen-bond acceptors (Lipinski definition) is 3. The predicted octanol–water partition coefficient (Wildman–Crippen LogP) is 4.83. The van der Waals surface area contributed by atoms with E-state index in [2.05, 4.69) is 63.7 Å². The zero-order valence-electron chi connectivity index (χ0n) is 14.6. The lowest BCUT2D eigenvalue weighted by atomic mass is 10.1. The van der Waals surface area contributed by atoms with Gasteiger partial charge in [0.05, 0.1) is 5.52 Å². The van der Waals surface area contributed by atoms with Crippen molar-refractivity contribution in [2.75, 3.05) is 18.4 Å². The highest BCUT2D eigenvalue weighted by Gasteiger charge is 2.10. The van der Waals surface area contributed by atoms with Gasteiger partial charge in [-0.1, -0.05) is 36.8 Å². The lowest BCUT2D eigenvalue weighted by Gasteiger charge is -2.26. The van der Waals surface area contributed by atoms with Crippen molar-refractivity contribution >= 4 is 16.6 Å². The lowest BCUT2D eigenvalue weighted by Crippen LogP contribution is -2.29. The summed E-state index contributed by atoms with van der Waals surface area (Å²) >= 11 is 0. The van der Waals surface area contributed by atoms with Crippen LogP contribution >= 0.6 is 0 Å². The zero-order chi connectivity index (χ0) is 16.9. The molecule has 1 aliphatic heterocycles. The second-order valence-electron chi connectivity index (χ2n) is 6.92. The van der Waals surface area contributed by atoms with Crippen molar-refractivity contribution in [3.63, 3.8) is 0 Å². The fourth-order valence-electron chi connectivity index (χ4n) is 3.58. The smallest absolute Gasteiger partial charge is 0.0705 e. The van der Waals surface area contributed by atoms with Gasteiger partial charge >= 0.3 is 0 Å². The minimum atomic E-state index is 0.819. The largest absolute Gasteiger partial charge is 0.381 e. The first-order valence-corrected chi connectivity index (χ1v) is 9.26. The first-order valence-electron chi connectivity index (χ1n) is 9.26. The van der Waals surface area contributed by atoms with Crippen LogP contribution < -0.4 is 5.32 Å². The van der Waals surface area contributed by atoms with Gasteiger partial charge in [0.15, 0.2) is 0 Å². The van der Waals surface area contributed by atoms with Gasteiger partial charge in [0, 0.05) is 30.4 Å². The minimum Gasteiger partial charge on any atom is -0.381 e. The van der Waals surface area contributed by atoms with Crippen LogP contribution in [0.15, 0.2) is 60.8 Å². The first-order chi connectivity index (χ1) is 12.4. The fourth-order valence-corrected chi connectivity index (χ4v) is 3.58. The summed E-state index contributed by atoms with van der Waals surface area (Å²) in [7, 11) is 0. The van der Waals surface area contributed by atoms with Crippen LogP contribution in [0.5, 0.6) is 0 Å². The van der Waals surface area contributed by atoms with E-state index in [0.29, 0.717) is 0 Å². The van der Waals surface area contributed by atoms with E-state index in [1.165, 1.54) is 54.6 Å². The average Bonchev–Trinajstić information content (AvgIpc) is 2.67. The molecule has 0 aliphatic carbocycles. The van der Waals surface area contributed by atoms with E-state index >= 15 is 0 Å². The molecule has 0 atom stereocenters. The Hall–Kier alpha value is -2.39. The minimum absolute atomic E-state index is 0.819. The summed E-state index contributed by atoms with van der Waals surface area (Å²) in [5, 5.41) is 4.75. The molecule has 0 bridgehead atoms. The van der Waals surface area contributed by atoms with Gasteiger partial charge in [0.1, 0.15) is 0 Å². The number of hydrogen-bond donors (Lipinski definition) is 1. The summed E-state index contributed by atoms with van der Waals surface area (Å²) in [4.78, 5) is 7.01. The molecule has 1 aliphatic rings. The molecule has 0 radical (unpaired) electrons. The highest BCUT2D eigenvalue weighted by atomic mass is 15.1. The van der Waals surface area contributed by atoms with Crippen molar-refractivity contribution < 1.29 is 0 Å². The molecule has 2 heterocycles. The van der Waals surface area contributed by atoms with E-state index in [1.54, 1.807) is 0 Å². The second-order valence-corrected chi connectivity index (χ2v) is 6.92. The Morgan fingerprint density at radius 1 is 0.880 bits per heavy atom. The number of nitrogens with one attached hydrogen (secondary N) is 1. The van der Waals surface area contributed by atoms with Crippen LogP contribution in [0.25, 0.3) is 10.9 Å². The summed E-state index contributed by atoms with van der Waals surface area (Å²) in [6.07, 6.45) is 5.92. The molecule has 2 aromatic carbocycles. The molecule has 3 heteroatoms. The number of nitrogens with zero attached hydrogens (tertiary/aromatic N) is 2. The molecule has 0 unspecified atom stereocenters. The Morgan fingerprint density at radius 2 is 1.80 bits per heavy atom. The normalized spacial score (nSPS) is 15.4. The van der Waals surface area contributed by atoms with Gasteiger partial charge < -0.3 is 5.32 Å².